The minimum Gasteiger partial charge on any atom is -0.467 e. The molecule has 0 saturated carbocycles. The number of hydrogen-bond acceptors (Lipinski definition) is 2. The van der Waals surface area contributed by atoms with Crippen molar-refractivity contribution in [2.24, 2.45) is 7.05 Å². The van der Waals surface area contributed by atoms with Crippen molar-refractivity contribution in [3.63, 3.8) is 0 Å². The molecule has 0 radical (unpaired) electrons. The molecule has 0 N–H and O–H groups in total. The van der Waals surface area contributed by atoms with E-state index in [4.69, 9.17) is 4.42 Å². The SMILES string of the molecule is Cn1c(C(=O)N2CCCCC[C@@H]2c2ccco2)ccc1-c1ccccc1. The first-order valence-corrected chi connectivity index (χ1v) is 9.31. The van der Waals surface area contributed by atoms with Crippen LogP contribution in [0.3, 0.4) is 0 Å². The molecular formula is C22H24N2O2. The fraction of sp³-hybridized carbons (Fsp3) is 0.318. The van der Waals surface area contributed by atoms with Crippen molar-refractivity contribution in [1.29, 1.82) is 0 Å². The summed E-state index contributed by atoms with van der Waals surface area (Å²) in [5.41, 5.74) is 2.90. The summed E-state index contributed by atoms with van der Waals surface area (Å²) >= 11 is 0. The van der Waals surface area contributed by atoms with Crippen molar-refractivity contribution in [3.8, 4) is 11.3 Å². The Bertz CT molecular complexity index is 865. The molecule has 1 atom stereocenters. The van der Waals surface area contributed by atoms with E-state index >= 15 is 0 Å². The molecule has 1 aliphatic heterocycles. The third-order valence-corrected chi connectivity index (χ3v) is 5.30. The van der Waals surface area contributed by atoms with Gasteiger partial charge in [0, 0.05) is 19.3 Å². The quantitative estimate of drug-likeness (QED) is 0.665. The second-order valence-electron chi connectivity index (χ2n) is 6.91. The summed E-state index contributed by atoms with van der Waals surface area (Å²) in [6.45, 7) is 0.774. The normalized spacial score (nSPS) is 17.9. The highest BCUT2D eigenvalue weighted by atomic mass is 16.3. The first-order chi connectivity index (χ1) is 12.8. The number of benzene rings is 1. The van der Waals surface area contributed by atoms with Crippen LogP contribution in [0.25, 0.3) is 11.3 Å². The highest BCUT2D eigenvalue weighted by molar-refractivity contribution is 5.94. The van der Waals surface area contributed by atoms with Gasteiger partial charge in [-0.1, -0.05) is 43.2 Å². The zero-order valence-corrected chi connectivity index (χ0v) is 15.1. The predicted octanol–water partition coefficient (Wildman–Crippen LogP) is 5.04. The molecule has 0 aliphatic carbocycles. The lowest BCUT2D eigenvalue weighted by Crippen LogP contribution is -2.35. The lowest BCUT2D eigenvalue weighted by atomic mass is 10.1. The van der Waals surface area contributed by atoms with Gasteiger partial charge in [0.15, 0.2) is 0 Å². The Kier molecular flexibility index (Phi) is 4.65. The average molecular weight is 348 g/mol. The molecule has 0 unspecified atom stereocenters. The molecular weight excluding hydrogens is 324 g/mol. The van der Waals surface area contributed by atoms with Crippen LogP contribution >= 0.6 is 0 Å². The average Bonchev–Trinajstić information content (AvgIpc) is 3.26. The molecule has 1 aliphatic rings. The summed E-state index contributed by atoms with van der Waals surface area (Å²) in [4.78, 5) is 15.4. The summed E-state index contributed by atoms with van der Waals surface area (Å²) in [6.07, 6.45) is 5.97. The topological polar surface area (TPSA) is 38.4 Å². The molecule has 4 nitrogen and oxygen atoms in total. The standard InChI is InChI=1S/C22H24N2O2/c1-23-18(17-9-4-2-5-10-17)13-14-20(23)22(25)24-15-7-3-6-11-19(24)21-12-8-16-26-21/h2,4-5,8-10,12-14,16,19H,3,6-7,11,15H2,1H3/t19-/m1/s1. The highest BCUT2D eigenvalue weighted by Crippen LogP contribution is 2.32. The molecule has 1 aromatic carbocycles. The predicted molar refractivity (Wildman–Crippen MR) is 102 cm³/mol. The lowest BCUT2D eigenvalue weighted by Gasteiger charge is -2.29. The number of rotatable bonds is 3. The summed E-state index contributed by atoms with van der Waals surface area (Å²) in [7, 11) is 1.97. The van der Waals surface area contributed by atoms with Gasteiger partial charge in [-0.25, -0.2) is 0 Å². The Morgan fingerprint density at radius 1 is 1.00 bits per heavy atom. The van der Waals surface area contributed by atoms with Gasteiger partial charge in [0.2, 0.25) is 0 Å². The summed E-state index contributed by atoms with van der Waals surface area (Å²) in [5, 5.41) is 0. The Labute approximate surface area is 154 Å². The number of aromatic nitrogens is 1. The Morgan fingerprint density at radius 3 is 2.62 bits per heavy atom. The fourth-order valence-electron chi connectivity index (χ4n) is 3.90. The number of carbonyl (C=O) groups is 1. The molecule has 2 aromatic heterocycles. The molecule has 1 fully saturated rings. The molecule has 1 amide bonds. The molecule has 0 bridgehead atoms. The molecule has 0 spiro atoms. The molecule has 1 saturated heterocycles. The summed E-state index contributed by atoms with van der Waals surface area (Å²) < 4.78 is 7.65. The van der Waals surface area contributed by atoms with E-state index < -0.39 is 0 Å². The maximum Gasteiger partial charge on any atom is 0.271 e. The van der Waals surface area contributed by atoms with Gasteiger partial charge in [-0.3, -0.25) is 4.79 Å². The number of furan rings is 1. The fourth-order valence-corrected chi connectivity index (χ4v) is 3.90. The van der Waals surface area contributed by atoms with Crippen LogP contribution in [0.1, 0.15) is 48.0 Å². The molecule has 4 heteroatoms. The van der Waals surface area contributed by atoms with Crippen LogP contribution in [-0.2, 0) is 7.05 Å². The minimum atomic E-state index is 0.0232. The van der Waals surface area contributed by atoms with Crippen LogP contribution < -0.4 is 0 Å². The number of nitrogens with zero attached hydrogens (tertiary/aromatic N) is 2. The summed E-state index contributed by atoms with van der Waals surface area (Å²) in [6, 6.07) is 18.1. The maximum atomic E-state index is 13.4. The summed E-state index contributed by atoms with van der Waals surface area (Å²) in [5.74, 6) is 0.968. The molecule has 26 heavy (non-hydrogen) atoms. The Morgan fingerprint density at radius 2 is 1.85 bits per heavy atom. The Hall–Kier alpha value is -2.75. The molecule has 3 aromatic rings. The second kappa shape index (κ2) is 7.24. The van der Waals surface area contributed by atoms with Crippen molar-refractivity contribution in [2.75, 3.05) is 6.54 Å². The molecule has 4 rings (SSSR count). The van der Waals surface area contributed by atoms with Crippen molar-refractivity contribution in [1.82, 2.24) is 9.47 Å². The van der Waals surface area contributed by atoms with Crippen molar-refractivity contribution < 1.29 is 9.21 Å². The van der Waals surface area contributed by atoms with Gasteiger partial charge >= 0.3 is 0 Å². The second-order valence-corrected chi connectivity index (χ2v) is 6.91. The van der Waals surface area contributed by atoms with E-state index in [-0.39, 0.29) is 11.9 Å². The van der Waals surface area contributed by atoms with Crippen LogP contribution in [0.4, 0.5) is 0 Å². The van der Waals surface area contributed by atoms with E-state index in [0.717, 1.165) is 54.9 Å². The van der Waals surface area contributed by atoms with Crippen LogP contribution in [0.5, 0.6) is 0 Å². The monoisotopic (exact) mass is 348 g/mol. The van der Waals surface area contributed by atoms with Crippen LogP contribution in [0.2, 0.25) is 0 Å². The lowest BCUT2D eigenvalue weighted by molar-refractivity contribution is 0.0649. The van der Waals surface area contributed by atoms with Gasteiger partial charge in [0.25, 0.3) is 5.91 Å². The van der Waals surface area contributed by atoms with Crippen molar-refractivity contribution in [3.05, 3.63) is 72.3 Å². The highest BCUT2D eigenvalue weighted by Gasteiger charge is 2.30. The third-order valence-electron chi connectivity index (χ3n) is 5.30. The first-order valence-electron chi connectivity index (χ1n) is 9.31. The Balaban J connectivity index is 1.67. The zero-order valence-electron chi connectivity index (χ0n) is 15.1. The van der Waals surface area contributed by atoms with E-state index in [0.29, 0.717) is 0 Å². The zero-order chi connectivity index (χ0) is 17.9. The van der Waals surface area contributed by atoms with E-state index in [9.17, 15) is 4.79 Å². The van der Waals surface area contributed by atoms with Crippen molar-refractivity contribution >= 4 is 5.91 Å². The number of likely N-dealkylation sites (tertiary alicyclic amines) is 1. The third kappa shape index (κ3) is 3.07. The number of carbonyl (C=O) groups excluding carboxylic acids is 1. The van der Waals surface area contributed by atoms with Gasteiger partial charge in [-0.05, 0) is 42.7 Å². The van der Waals surface area contributed by atoms with Crippen LogP contribution in [-0.4, -0.2) is 21.9 Å². The minimum absolute atomic E-state index is 0.0232. The molecule has 3 heterocycles. The van der Waals surface area contributed by atoms with E-state index in [1.165, 1.54) is 0 Å². The van der Waals surface area contributed by atoms with Crippen molar-refractivity contribution in [2.45, 2.75) is 31.7 Å². The largest absolute Gasteiger partial charge is 0.467 e. The van der Waals surface area contributed by atoms with Gasteiger partial charge in [-0.15, -0.1) is 0 Å². The molecule has 134 valence electrons. The van der Waals surface area contributed by atoms with E-state index in [1.807, 2.05) is 59.0 Å². The first kappa shape index (κ1) is 16.7. The van der Waals surface area contributed by atoms with Gasteiger partial charge < -0.3 is 13.9 Å². The number of hydrogen-bond donors (Lipinski definition) is 0. The maximum absolute atomic E-state index is 13.4. The van der Waals surface area contributed by atoms with Gasteiger partial charge in [0.05, 0.1) is 12.3 Å². The number of amides is 1. The smallest absolute Gasteiger partial charge is 0.271 e. The van der Waals surface area contributed by atoms with Crippen LogP contribution in [0.15, 0.2) is 65.3 Å². The van der Waals surface area contributed by atoms with E-state index in [1.54, 1.807) is 6.26 Å². The van der Waals surface area contributed by atoms with Crippen LogP contribution in [0, 0.1) is 0 Å². The van der Waals surface area contributed by atoms with E-state index in [2.05, 4.69) is 12.1 Å². The van der Waals surface area contributed by atoms with Gasteiger partial charge in [-0.2, -0.15) is 0 Å². The van der Waals surface area contributed by atoms with Gasteiger partial charge in [0.1, 0.15) is 11.5 Å².